The number of methoxy groups -OCH3 is 2. The molecule has 2 heterocycles. The van der Waals surface area contributed by atoms with Crippen LogP contribution in [0.3, 0.4) is 0 Å². The second-order valence-electron chi connectivity index (χ2n) is 6.41. The summed E-state index contributed by atoms with van der Waals surface area (Å²) in [6.07, 6.45) is 0.239. The molecule has 3 aromatic rings. The zero-order valence-electron chi connectivity index (χ0n) is 15.4. The van der Waals surface area contributed by atoms with Crippen LogP contribution in [0.1, 0.15) is 18.2 Å². The van der Waals surface area contributed by atoms with Crippen molar-refractivity contribution in [1.29, 1.82) is 0 Å². The van der Waals surface area contributed by atoms with Crippen molar-refractivity contribution in [3.63, 3.8) is 0 Å². The quantitative estimate of drug-likeness (QED) is 0.672. The monoisotopic (exact) mass is 383 g/mol. The van der Waals surface area contributed by atoms with Gasteiger partial charge in [0.25, 0.3) is 5.89 Å². The van der Waals surface area contributed by atoms with Crippen LogP contribution >= 0.6 is 0 Å². The lowest BCUT2D eigenvalue weighted by atomic mass is 10.1. The van der Waals surface area contributed by atoms with E-state index in [0.29, 0.717) is 35.1 Å². The molecule has 0 N–H and O–H groups in total. The minimum Gasteiger partial charge on any atom is -0.497 e. The van der Waals surface area contributed by atoms with Crippen molar-refractivity contribution < 1.29 is 23.2 Å². The Kier molecular flexibility index (Phi) is 4.68. The van der Waals surface area contributed by atoms with E-state index in [9.17, 15) is 9.18 Å². The standard InChI is InChI=1S/C20H18FN3O4/c1-26-15-6-7-17(27-2)16(10-15)24-11-13(9-18(24)25)19-22-20(28-23-19)12-4-3-5-14(21)8-12/h3-8,10,13H,9,11H2,1-2H3. The first-order valence-corrected chi connectivity index (χ1v) is 8.71. The number of carbonyl (C=O) groups is 1. The van der Waals surface area contributed by atoms with Gasteiger partial charge in [0.1, 0.15) is 17.3 Å². The third kappa shape index (κ3) is 3.28. The Labute approximate surface area is 160 Å². The van der Waals surface area contributed by atoms with E-state index in [4.69, 9.17) is 14.0 Å². The Morgan fingerprint density at radius 3 is 2.79 bits per heavy atom. The number of hydrogen-bond donors (Lipinski definition) is 0. The van der Waals surface area contributed by atoms with Crippen LogP contribution in [0.4, 0.5) is 10.1 Å². The van der Waals surface area contributed by atoms with Crippen molar-refractivity contribution in [3.8, 4) is 23.0 Å². The maximum atomic E-state index is 13.4. The summed E-state index contributed by atoms with van der Waals surface area (Å²) < 4.78 is 29.3. The average Bonchev–Trinajstić information content (AvgIpc) is 3.34. The van der Waals surface area contributed by atoms with Crippen LogP contribution in [-0.4, -0.2) is 36.8 Å². The predicted molar refractivity (Wildman–Crippen MR) is 98.9 cm³/mol. The maximum Gasteiger partial charge on any atom is 0.258 e. The molecule has 8 heteroatoms. The number of halogens is 1. The summed E-state index contributed by atoms with van der Waals surface area (Å²) >= 11 is 0. The normalized spacial score (nSPS) is 16.5. The van der Waals surface area contributed by atoms with Crippen molar-refractivity contribution >= 4 is 11.6 Å². The summed E-state index contributed by atoms with van der Waals surface area (Å²) in [5, 5.41) is 4.00. The van der Waals surface area contributed by atoms with Crippen molar-refractivity contribution in [3.05, 3.63) is 54.1 Å². The van der Waals surface area contributed by atoms with Gasteiger partial charge in [-0.2, -0.15) is 4.98 Å². The topological polar surface area (TPSA) is 77.7 Å². The Morgan fingerprint density at radius 2 is 2.04 bits per heavy atom. The van der Waals surface area contributed by atoms with Crippen LogP contribution in [0, 0.1) is 5.82 Å². The van der Waals surface area contributed by atoms with Gasteiger partial charge in [-0.25, -0.2) is 4.39 Å². The minimum absolute atomic E-state index is 0.0753. The summed E-state index contributed by atoms with van der Waals surface area (Å²) in [4.78, 5) is 18.6. The molecule has 1 aliphatic rings. The highest BCUT2D eigenvalue weighted by Crippen LogP contribution is 2.38. The molecule has 1 unspecified atom stereocenters. The highest BCUT2D eigenvalue weighted by Gasteiger charge is 2.36. The van der Waals surface area contributed by atoms with Crippen LogP contribution in [0.2, 0.25) is 0 Å². The van der Waals surface area contributed by atoms with Crippen molar-refractivity contribution in [1.82, 2.24) is 10.1 Å². The van der Waals surface area contributed by atoms with Crippen LogP contribution < -0.4 is 14.4 Å². The largest absolute Gasteiger partial charge is 0.497 e. The first kappa shape index (κ1) is 18.0. The fraction of sp³-hybridized carbons (Fsp3) is 0.250. The van der Waals surface area contributed by atoms with E-state index in [2.05, 4.69) is 10.1 Å². The van der Waals surface area contributed by atoms with Gasteiger partial charge in [0.05, 0.1) is 19.9 Å². The summed E-state index contributed by atoms with van der Waals surface area (Å²) in [6, 6.07) is 11.2. The number of nitrogens with zero attached hydrogens (tertiary/aromatic N) is 3. The third-order valence-electron chi connectivity index (χ3n) is 4.68. The zero-order chi connectivity index (χ0) is 19.7. The lowest BCUT2D eigenvalue weighted by Crippen LogP contribution is -2.25. The number of carbonyl (C=O) groups excluding carboxylic acids is 1. The van der Waals surface area contributed by atoms with E-state index < -0.39 is 0 Å². The Bertz CT molecular complexity index is 1020. The number of hydrogen-bond acceptors (Lipinski definition) is 6. The predicted octanol–water partition coefficient (Wildman–Crippen LogP) is 3.41. The van der Waals surface area contributed by atoms with Gasteiger partial charge in [0.15, 0.2) is 5.82 Å². The molecule has 1 atom stereocenters. The molecular formula is C20H18FN3O4. The Hall–Kier alpha value is -3.42. The first-order valence-electron chi connectivity index (χ1n) is 8.71. The summed E-state index contributed by atoms with van der Waals surface area (Å²) in [6.45, 7) is 0.379. The van der Waals surface area contributed by atoms with Crippen molar-refractivity contribution in [2.24, 2.45) is 0 Å². The second kappa shape index (κ2) is 7.30. The van der Waals surface area contributed by atoms with Crippen molar-refractivity contribution in [2.75, 3.05) is 25.7 Å². The van der Waals surface area contributed by atoms with E-state index in [1.807, 2.05) is 0 Å². The van der Waals surface area contributed by atoms with E-state index in [0.717, 1.165) is 0 Å². The molecule has 0 saturated carbocycles. The number of rotatable bonds is 5. The van der Waals surface area contributed by atoms with Gasteiger partial charge in [0.2, 0.25) is 5.91 Å². The molecule has 0 bridgehead atoms. The van der Waals surface area contributed by atoms with Gasteiger partial charge in [-0.05, 0) is 30.3 Å². The van der Waals surface area contributed by atoms with Crippen LogP contribution in [0.25, 0.3) is 11.5 Å². The number of ether oxygens (including phenoxy) is 2. The van der Waals surface area contributed by atoms with Crippen molar-refractivity contribution in [2.45, 2.75) is 12.3 Å². The minimum atomic E-state index is -0.385. The summed E-state index contributed by atoms with van der Waals surface area (Å²) in [7, 11) is 3.11. The molecule has 0 spiro atoms. The molecule has 0 radical (unpaired) electrons. The Morgan fingerprint density at radius 1 is 1.18 bits per heavy atom. The number of benzene rings is 2. The van der Waals surface area contributed by atoms with Gasteiger partial charge >= 0.3 is 0 Å². The van der Waals surface area contributed by atoms with Gasteiger partial charge in [-0.1, -0.05) is 11.2 Å². The molecule has 1 amide bonds. The molecule has 1 saturated heterocycles. The molecule has 28 heavy (non-hydrogen) atoms. The molecule has 1 aromatic heterocycles. The molecule has 7 nitrogen and oxygen atoms in total. The van der Waals surface area contributed by atoms with E-state index in [1.165, 1.54) is 12.1 Å². The molecular weight excluding hydrogens is 365 g/mol. The average molecular weight is 383 g/mol. The van der Waals surface area contributed by atoms with E-state index in [1.54, 1.807) is 49.5 Å². The fourth-order valence-electron chi connectivity index (χ4n) is 3.26. The summed E-state index contributed by atoms with van der Waals surface area (Å²) in [5.41, 5.74) is 1.12. The number of amides is 1. The van der Waals surface area contributed by atoms with Gasteiger partial charge < -0.3 is 18.9 Å². The lowest BCUT2D eigenvalue weighted by Gasteiger charge is -2.20. The zero-order valence-corrected chi connectivity index (χ0v) is 15.4. The highest BCUT2D eigenvalue weighted by atomic mass is 19.1. The van der Waals surface area contributed by atoms with E-state index >= 15 is 0 Å². The van der Waals surface area contributed by atoms with E-state index in [-0.39, 0.29) is 30.0 Å². The molecule has 144 valence electrons. The van der Waals surface area contributed by atoms with Crippen LogP contribution in [-0.2, 0) is 4.79 Å². The van der Waals surface area contributed by atoms with Crippen LogP contribution in [0.5, 0.6) is 11.5 Å². The van der Waals surface area contributed by atoms with Gasteiger partial charge in [-0.15, -0.1) is 0 Å². The number of aromatic nitrogens is 2. The maximum absolute atomic E-state index is 13.4. The lowest BCUT2D eigenvalue weighted by molar-refractivity contribution is -0.117. The molecule has 1 aliphatic heterocycles. The molecule has 2 aromatic carbocycles. The summed E-state index contributed by atoms with van der Waals surface area (Å²) in [5.74, 6) is 1.13. The molecule has 1 fully saturated rings. The van der Waals surface area contributed by atoms with Crippen LogP contribution in [0.15, 0.2) is 47.0 Å². The fourth-order valence-corrected chi connectivity index (χ4v) is 3.26. The number of anilines is 1. The molecule has 0 aliphatic carbocycles. The first-order chi connectivity index (χ1) is 13.6. The SMILES string of the molecule is COc1ccc(OC)c(N2CC(c3noc(-c4cccc(F)c4)n3)CC2=O)c1. The van der Waals surface area contributed by atoms with Gasteiger partial charge in [-0.3, -0.25) is 4.79 Å². The smallest absolute Gasteiger partial charge is 0.258 e. The Balaban J connectivity index is 1.59. The second-order valence-corrected chi connectivity index (χ2v) is 6.41. The third-order valence-corrected chi connectivity index (χ3v) is 4.68. The van der Waals surface area contributed by atoms with Gasteiger partial charge in [0, 0.05) is 30.5 Å². The molecule has 4 rings (SSSR count). The highest BCUT2D eigenvalue weighted by molar-refractivity contribution is 5.98.